The van der Waals surface area contributed by atoms with Crippen molar-refractivity contribution in [2.75, 3.05) is 6.54 Å². The predicted molar refractivity (Wildman–Crippen MR) is 69.7 cm³/mol. The van der Waals surface area contributed by atoms with E-state index in [4.69, 9.17) is 0 Å². The van der Waals surface area contributed by atoms with Crippen molar-refractivity contribution in [3.63, 3.8) is 0 Å². The summed E-state index contributed by atoms with van der Waals surface area (Å²) in [4.78, 5) is 0. The van der Waals surface area contributed by atoms with Gasteiger partial charge in [0, 0.05) is 6.04 Å². The minimum absolute atomic E-state index is 0.638. The molecular formula is C14H21NS. The minimum atomic E-state index is 0.638. The molecule has 3 unspecified atom stereocenters. The lowest BCUT2D eigenvalue weighted by atomic mass is 9.90. The Hall–Kier alpha value is -0.340. The molecule has 3 rings (SSSR count). The van der Waals surface area contributed by atoms with Gasteiger partial charge >= 0.3 is 0 Å². The molecule has 1 aromatic rings. The Morgan fingerprint density at radius 1 is 1.38 bits per heavy atom. The van der Waals surface area contributed by atoms with Crippen LogP contribution in [-0.4, -0.2) is 6.54 Å². The van der Waals surface area contributed by atoms with E-state index in [0.29, 0.717) is 6.04 Å². The maximum atomic E-state index is 3.76. The summed E-state index contributed by atoms with van der Waals surface area (Å²) in [5.41, 5.74) is 1.53. The Bertz CT molecular complexity index is 323. The first-order valence-electron chi connectivity index (χ1n) is 6.64. The SMILES string of the molecule is CCCNC(c1ccsc1)C1CC2CC2C1. The molecule has 1 N–H and O–H groups in total. The fraction of sp³-hybridized carbons (Fsp3) is 0.714. The summed E-state index contributed by atoms with van der Waals surface area (Å²) in [7, 11) is 0. The first-order chi connectivity index (χ1) is 7.88. The van der Waals surface area contributed by atoms with E-state index < -0.39 is 0 Å². The fourth-order valence-electron chi connectivity index (χ4n) is 3.34. The standard InChI is InChI=1S/C14H21NS/c1-2-4-15-14(10-3-5-16-9-10)13-7-11-6-12(11)8-13/h3,5,9,11-15H,2,4,6-8H2,1H3. The fourth-order valence-corrected chi connectivity index (χ4v) is 4.04. The molecule has 1 aromatic heterocycles. The molecule has 0 saturated heterocycles. The molecule has 0 amide bonds. The van der Waals surface area contributed by atoms with Crippen molar-refractivity contribution in [2.24, 2.45) is 17.8 Å². The quantitative estimate of drug-likeness (QED) is 0.817. The van der Waals surface area contributed by atoms with Crippen LogP contribution in [0.2, 0.25) is 0 Å². The van der Waals surface area contributed by atoms with Gasteiger partial charge in [-0.3, -0.25) is 0 Å². The smallest absolute Gasteiger partial charge is 0.0357 e. The van der Waals surface area contributed by atoms with Gasteiger partial charge in [0.05, 0.1) is 0 Å². The van der Waals surface area contributed by atoms with E-state index in [9.17, 15) is 0 Å². The van der Waals surface area contributed by atoms with Gasteiger partial charge in [0.2, 0.25) is 0 Å². The lowest BCUT2D eigenvalue weighted by molar-refractivity contribution is 0.342. The summed E-state index contributed by atoms with van der Waals surface area (Å²) in [5, 5.41) is 8.31. The van der Waals surface area contributed by atoms with Crippen LogP contribution in [0.5, 0.6) is 0 Å². The van der Waals surface area contributed by atoms with Crippen molar-refractivity contribution in [1.82, 2.24) is 5.32 Å². The summed E-state index contributed by atoms with van der Waals surface area (Å²) >= 11 is 1.83. The molecule has 0 aliphatic heterocycles. The van der Waals surface area contributed by atoms with Gasteiger partial charge in [-0.2, -0.15) is 11.3 Å². The Morgan fingerprint density at radius 3 is 2.81 bits per heavy atom. The molecule has 1 heterocycles. The van der Waals surface area contributed by atoms with Gasteiger partial charge in [-0.15, -0.1) is 0 Å². The maximum Gasteiger partial charge on any atom is 0.0357 e. The van der Waals surface area contributed by atoms with E-state index in [2.05, 4.69) is 29.1 Å². The van der Waals surface area contributed by atoms with E-state index >= 15 is 0 Å². The van der Waals surface area contributed by atoms with E-state index in [1.54, 1.807) is 0 Å². The predicted octanol–water partition coefficient (Wildman–Crippen LogP) is 3.83. The third kappa shape index (κ3) is 2.05. The third-order valence-electron chi connectivity index (χ3n) is 4.27. The van der Waals surface area contributed by atoms with E-state index in [1.165, 1.54) is 31.2 Å². The van der Waals surface area contributed by atoms with Crippen LogP contribution in [0.25, 0.3) is 0 Å². The van der Waals surface area contributed by atoms with Crippen LogP contribution in [0.4, 0.5) is 0 Å². The third-order valence-corrected chi connectivity index (χ3v) is 4.97. The normalized spacial score (nSPS) is 33.7. The summed E-state index contributed by atoms with van der Waals surface area (Å²) in [6.07, 6.45) is 5.71. The lowest BCUT2D eigenvalue weighted by Crippen LogP contribution is -2.28. The summed E-state index contributed by atoms with van der Waals surface area (Å²) in [6, 6.07) is 2.95. The highest BCUT2D eigenvalue weighted by Gasteiger charge is 2.47. The lowest BCUT2D eigenvalue weighted by Gasteiger charge is -2.25. The molecule has 2 fully saturated rings. The molecule has 2 heteroatoms. The highest BCUT2D eigenvalue weighted by Crippen LogP contribution is 2.57. The molecule has 2 aliphatic rings. The topological polar surface area (TPSA) is 12.0 Å². The van der Waals surface area contributed by atoms with Crippen LogP contribution in [-0.2, 0) is 0 Å². The number of nitrogens with one attached hydrogen (secondary N) is 1. The van der Waals surface area contributed by atoms with E-state index in [1.807, 2.05) is 11.3 Å². The Kier molecular flexibility index (Phi) is 3.03. The number of hydrogen-bond acceptors (Lipinski definition) is 2. The zero-order valence-electron chi connectivity index (χ0n) is 9.99. The number of thiophene rings is 1. The van der Waals surface area contributed by atoms with Gasteiger partial charge in [0.1, 0.15) is 0 Å². The molecule has 2 saturated carbocycles. The van der Waals surface area contributed by atoms with Gasteiger partial charge in [-0.1, -0.05) is 6.92 Å². The number of rotatable bonds is 5. The molecular weight excluding hydrogens is 214 g/mol. The Labute approximate surface area is 102 Å². The van der Waals surface area contributed by atoms with E-state index in [-0.39, 0.29) is 0 Å². The van der Waals surface area contributed by atoms with Gasteiger partial charge in [-0.05, 0) is 72.4 Å². The van der Waals surface area contributed by atoms with Gasteiger partial charge in [0.25, 0.3) is 0 Å². The molecule has 2 aliphatic carbocycles. The van der Waals surface area contributed by atoms with Crippen molar-refractivity contribution >= 4 is 11.3 Å². The van der Waals surface area contributed by atoms with E-state index in [0.717, 1.165) is 24.3 Å². The monoisotopic (exact) mass is 235 g/mol. The first kappa shape index (κ1) is 10.8. The minimum Gasteiger partial charge on any atom is -0.310 e. The molecule has 0 spiro atoms. The van der Waals surface area contributed by atoms with Crippen LogP contribution in [0.3, 0.4) is 0 Å². The molecule has 3 atom stereocenters. The number of hydrogen-bond donors (Lipinski definition) is 1. The summed E-state index contributed by atoms with van der Waals surface area (Å²) in [6.45, 7) is 3.41. The average molecular weight is 235 g/mol. The Balaban J connectivity index is 1.68. The van der Waals surface area contributed by atoms with Crippen molar-refractivity contribution in [1.29, 1.82) is 0 Å². The highest BCUT2D eigenvalue weighted by atomic mass is 32.1. The van der Waals surface area contributed by atoms with Crippen LogP contribution in [0.15, 0.2) is 16.8 Å². The highest BCUT2D eigenvalue weighted by molar-refractivity contribution is 7.07. The zero-order chi connectivity index (χ0) is 11.0. The number of fused-ring (bicyclic) bond motifs is 1. The molecule has 0 aromatic carbocycles. The second kappa shape index (κ2) is 4.50. The molecule has 0 radical (unpaired) electrons. The summed E-state index contributed by atoms with van der Waals surface area (Å²) < 4.78 is 0. The van der Waals surface area contributed by atoms with Gasteiger partial charge in [0.15, 0.2) is 0 Å². The Morgan fingerprint density at radius 2 is 2.19 bits per heavy atom. The van der Waals surface area contributed by atoms with Gasteiger partial charge in [-0.25, -0.2) is 0 Å². The molecule has 16 heavy (non-hydrogen) atoms. The molecule has 0 bridgehead atoms. The largest absolute Gasteiger partial charge is 0.310 e. The van der Waals surface area contributed by atoms with Crippen molar-refractivity contribution in [2.45, 2.75) is 38.6 Å². The van der Waals surface area contributed by atoms with Crippen LogP contribution in [0.1, 0.15) is 44.2 Å². The van der Waals surface area contributed by atoms with Crippen LogP contribution < -0.4 is 5.32 Å². The molecule has 88 valence electrons. The van der Waals surface area contributed by atoms with Gasteiger partial charge < -0.3 is 5.32 Å². The average Bonchev–Trinajstić information content (AvgIpc) is 2.73. The summed E-state index contributed by atoms with van der Waals surface area (Å²) in [5.74, 6) is 3.09. The first-order valence-corrected chi connectivity index (χ1v) is 7.58. The zero-order valence-corrected chi connectivity index (χ0v) is 10.8. The maximum absolute atomic E-state index is 3.76. The van der Waals surface area contributed by atoms with Crippen molar-refractivity contribution in [3.05, 3.63) is 22.4 Å². The van der Waals surface area contributed by atoms with Crippen molar-refractivity contribution in [3.8, 4) is 0 Å². The second-order valence-corrected chi connectivity index (χ2v) is 6.26. The van der Waals surface area contributed by atoms with Crippen molar-refractivity contribution < 1.29 is 0 Å². The molecule has 1 nitrogen and oxygen atoms in total. The second-order valence-electron chi connectivity index (χ2n) is 5.48. The van der Waals surface area contributed by atoms with Crippen LogP contribution in [0, 0.1) is 17.8 Å². The van der Waals surface area contributed by atoms with Crippen LogP contribution >= 0.6 is 11.3 Å².